The zero-order chi connectivity index (χ0) is 18.7. The zero-order valence-corrected chi connectivity index (χ0v) is 15.2. The molecule has 0 saturated heterocycles. The van der Waals surface area contributed by atoms with E-state index in [-0.39, 0.29) is 17.1 Å². The van der Waals surface area contributed by atoms with Gasteiger partial charge in [0.05, 0.1) is 17.5 Å². The van der Waals surface area contributed by atoms with Crippen molar-refractivity contribution in [2.24, 2.45) is 7.05 Å². The van der Waals surface area contributed by atoms with E-state index in [4.69, 9.17) is 10.5 Å². The highest BCUT2D eigenvalue weighted by atomic mass is 16.5. The highest BCUT2D eigenvalue weighted by Gasteiger charge is 2.18. The van der Waals surface area contributed by atoms with Gasteiger partial charge < -0.3 is 20.1 Å². The maximum absolute atomic E-state index is 12.6. The van der Waals surface area contributed by atoms with Crippen molar-refractivity contribution in [3.8, 4) is 11.5 Å². The summed E-state index contributed by atoms with van der Waals surface area (Å²) in [6.45, 7) is 2.42. The molecule has 0 spiro atoms. The Labute approximate surface area is 152 Å². The van der Waals surface area contributed by atoms with E-state index in [0.29, 0.717) is 29.6 Å². The summed E-state index contributed by atoms with van der Waals surface area (Å²) in [6.07, 6.45) is 2.45. The molecule has 5 heteroatoms. The molecule has 0 aliphatic heterocycles. The molecule has 26 heavy (non-hydrogen) atoms. The summed E-state index contributed by atoms with van der Waals surface area (Å²) in [5, 5.41) is 11.1. The Bertz CT molecular complexity index is 978. The Morgan fingerprint density at radius 3 is 2.58 bits per heavy atom. The molecular weight excluding hydrogens is 328 g/mol. The number of ether oxygens (including phenoxy) is 1. The fourth-order valence-corrected chi connectivity index (χ4v) is 3.09. The first-order valence-electron chi connectivity index (χ1n) is 8.83. The summed E-state index contributed by atoms with van der Waals surface area (Å²) in [6, 6.07) is 13.8. The van der Waals surface area contributed by atoms with Gasteiger partial charge in [-0.2, -0.15) is 0 Å². The smallest absolute Gasteiger partial charge is 0.297 e. The molecule has 0 radical (unpaired) electrons. The lowest BCUT2D eigenvalue weighted by molar-refractivity contribution is 0.288. The van der Waals surface area contributed by atoms with Gasteiger partial charge in [0.1, 0.15) is 0 Å². The van der Waals surface area contributed by atoms with Crippen molar-refractivity contribution in [2.75, 3.05) is 12.3 Å². The monoisotopic (exact) mass is 352 g/mol. The van der Waals surface area contributed by atoms with E-state index >= 15 is 0 Å². The van der Waals surface area contributed by atoms with Crippen LogP contribution in [0, 0.1) is 0 Å². The second-order valence-electron chi connectivity index (χ2n) is 6.49. The Morgan fingerprint density at radius 1 is 1.15 bits per heavy atom. The van der Waals surface area contributed by atoms with E-state index in [0.717, 1.165) is 24.0 Å². The normalized spacial score (nSPS) is 11.0. The van der Waals surface area contributed by atoms with E-state index < -0.39 is 0 Å². The van der Waals surface area contributed by atoms with E-state index in [9.17, 15) is 9.90 Å². The number of nitrogens with two attached hydrogens (primary N) is 1. The van der Waals surface area contributed by atoms with Crippen molar-refractivity contribution >= 4 is 16.6 Å². The molecule has 5 nitrogen and oxygen atoms in total. The summed E-state index contributed by atoms with van der Waals surface area (Å²) in [5.74, 6) is -0.209. The van der Waals surface area contributed by atoms with Crippen LogP contribution in [0.5, 0.6) is 11.5 Å². The van der Waals surface area contributed by atoms with Crippen LogP contribution in [0.3, 0.4) is 0 Å². The molecule has 0 amide bonds. The summed E-state index contributed by atoms with van der Waals surface area (Å²) in [7, 11) is 1.67. The van der Waals surface area contributed by atoms with Crippen LogP contribution in [0.15, 0.2) is 47.3 Å². The minimum Gasteiger partial charge on any atom is -0.504 e. The number of hydrogen-bond acceptors (Lipinski definition) is 4. The molecule has 0 atom stereocenters. The van der Waals surface area contributed by atoms with Crippen LogP contribution in [0.25, 0.3) is 10.9 Å². The maximum Gasteiger partial charge on any atom is 0.297 e. The van der Waals surface area contributed by atoms with Gasteiger partial charge in [0.2, 0.25) is 5.75 Å². The Balaban J connectivity index is 2.09. The van der Waals surface area contributed by atoms with Crippen molar-refractivity contribution in [1.29, 1.82) is 0 Å². The van der Waals surface area contributed by atoms with E-state index in [1.807, 2.05) is 49.4 Å². The van der Waals surface area contributed by atoms with Crippen molar-refractivity contribution in [1.82, 2.24) is 4.57 Å². The van der Waals surface area contributed by atoms with Gasteiger partial charge in [-0.15, -0.1) is 0 Å². The molecule has 0 bridgehead atoms. The van der Waals surface area contributed by atoms with Crippen molar-refractivity contribution in [2.45, 2.75) is 26.2 Å². The fraction of sp³-hybridized carbons (Fsp3) is 0.286. The second kappa shape index (κ2) is 7.52. The standard InChI is InChI=1S/C21H24N2O3/c1-3-4-10-26-20-19(24)18-16(22)12-15(11-14-8-6-5-7-9-14)13-17(18)23(2)21(20)25/h5-9,12-13,24H,3-4,10-11,22H2,1-2H3. The zero-order valence-electron chi connectivity index (χ0n) is 15.2. The number of pyridine rings is 1. The van der Waals surface area contributed by atoms with Gasteiger partial charge in [-0.1, -0.05) is 43.7 Å². The predicted octanol–water partition coefficient (Wildman–Crippen LogP) is 3.60. The second-order valence-corrected chi connectivity index (χ2v) is 6.49. The van der Waals surface area contributed by atoms with Crippen LogP contribution >= 0.6 is 0 Å². The van der Waals surface area contributed by atoms with Crippen molar-refractivity contribution in [3.05, 3.63) is 63.9 Å². The first-order valence-corrected chi connectivity index (χ1v) is 8.83. The number of hydrogen-bond donors (Lipinski definition) is 2. The van der Waals surface area contributed by atoms with Crippen LogP contribution in [0.1, 0.15) is 30.9 Å². The minimum absolute atomic E-state index is 0.0315. The van der Waals surface area contributed by atoms with E-state index in [1.165, 1.54) is 4.57 Å². The van der Waals surface area contributed by atoms with Gasteiger partial charge in [-0.05, 0) is 36.1 Å². The Morgan fingerprint density at radius 2 is 1.88 bits per heavy atom. The largest absolute Gasteiger partial charge is 0.504 e. The van der Waals surface area contributed by atoms with Crippen molar-refractivity contribution in [3.63, 3.8) is 0 Å². The molecule has 1 heterocycles. The number of nitrogens with zero attached hydrogens (tertiary/aromatic N) is 1. The average molecular weight is 352 g/mol. The number of aromatic hydroxyl groups is 1. The molecule has 0 aliphatic carbocycles. The molecule has 1 aromatic heterocycles. The minimum atomic E-state index is -0.359. The first kappa shape index (κ1) is 17.9. The lowest BCUT2D eigenvalue weighted by Gasteiger charge is -2.15. The van der Waals surface area contributed by atoms with Gasteiger partial charge in [0.25, 0.3) is 5.56 Å². The summed E-state index contributed by atoms with van der Waals surface area (Å²) < 4.78 is 7.03. The predicted molar refractivity (Wildman–Crippen MR) is 105 cm³/mol. The molecule has 0 saturated carbocycles. The molecule has 2 aromatic carbocycles. The lowest BCUT2D eigenvalue weighted by Crippen LogP contribution is -2.20. The number of nitrogen functional groups attached to an aromatic ring is 1. The molecule has 0 fully saturated rings. The van der Waals surface area contributed by atoms with Gasteiger partial charge in [0, 0.05) is 12.7 Å². The van der Waals surface area contributed by atoms with Gasteiger partial charge in [-0.3, -0.25) is 4.79 Å². The van der Waals surface area contributed by atoms with E-state index in [1.54, 1.807) is 7.05 Å². The van der Waals surface area contributed by atoms with Crippen LogP contribution in [-0.4, -0.2) is 16.3 Å². The van der Waals surface area contributed by atoms with Crippen LogP contribution in [-0.2, 0) is 13.5 Å². The topological polar surface area (TPSA) is 77.5 Å². The summed E-state index contributed by atoms with van der Waals surface area (Å²) >= 11 is 0. The number of unbranched alkanes of at least 4 members (excludes halogenated alkanes) is 1. The highest BCUT2D eigenvalue weighted by molar-refractivity contribution is 5.97. The molecule has 3 N–H and O–H groups in total. The lowest BCUT2D eigenvalue weighted by atomic mass is 10.0. The number of aromatic nitrogens is 1. The maximum atomic E-state index is 12.6. The van der Waals surface area contributed by atoms with Gasteiger partial charge >= 0.3 is 0 Å². The third kappa shape index (κ3) is 3.38. The van der Waals surface area contributed by atoms with Crippen molar-refractivity contribution < 1.29 is 9.84 Å². The third-order valence-electron chi connectivity index (χ3n) is 4.52. The third-order valence-corrected chi connectivity index (χ3v) is 4.52. The van der Waals surface area contributed by atoms with Gasteiger partial charge in [0.15, 0.2) is 5.75 Å². The summed E-state index contributed by atoms with van der Waals surface area (Å²) in [5.41, 5.74) is 9.03. The molecule has 136 valence electrons. The first-order chi connectivity index (χ1) is 12.5. The Kier molecular flexibility index (Phi) is 5.16. The SMILES string of the molecule is CCCCOc1c(O)c2c(N)cc(Cc3ccccc3)cc2n(C)c1=O. The highest BCUT2D eigenvalue weighted by Crippen LogP contribution is 2.36. The number of benzene rings is 2. The van der Waals surface area contributed by atoms with Crippen LogP contribution < -0.4 is 16.0 Å². The Hall–Kier alpha value is -2.95. The summed E-state index contributed by atoms with van der Waals surface area (Å²) in [4.78, 5) is 12.6. The average Bonchev–Trinajstić information content (AvgIpc) is 2.63. The fourth-order valence-electron chi connectivity index (χ4n) is 3.09. The van der Waals surface area contributed by atoms with E-state index in [2.05, 4.69) is 0 Å². The van der Waals surface area contributed by atoms with Crippen LogP contribution in [0.4, 0.5) is 5.69 Å². The van der Waals surface area contributed by atoms with Crippen LogP contribution in [0.2, 0.25) is 0 Å². The molecule has 3 aromatic rings. The quantitative estimate of drug-likeness (QED) is 0.525. The van der Waals surface area contributed by atoms with Gasteiger partial charge in [-0.25, -0.2) is 0 Å². The molecule has 3 rings (SSSR count). The number of aryl methyl sites for hydroxylation is 1. The number of fused-ring (bicyclic) bond motifs is 1. The number of rotatable bonds is 6. The molecular formula is C21H24N2O3. The number of anilines is 1. The molecule has 0 aliphatic rings. The molecule has 0 unspecified atom stereocenters.